The van der Waals surface area contributed by atoms with E-state index in [-0.39, 0.29) is 22.9 Å². The van der Waals surface area contributed by atoms with Gasteiger partial charge in [0.05, 0.1) is 0 Å². The summed E-state index contributed by atoms with van der Waals surface area (Å²) in [6.07, 6.45) is 2.06. The van der Waals surface area contributed by atoms with Crippen LogP contribution in [0.2, 0.25) is 0 Å². The van der Waals surface area contributed by atoms with Crippen LogP contribution in [-0.2, 0) is 9.59 Å². The Bertz CT molecular complexity index is 747. The normalized spacial score (nSPS) is 10.5. The van der Waals surface area contributed by atoms with E-state index < -0.39 is 11.8 Å². The first kappa shape index (κ1) is 16.9. The number of anilines is 2. The Morgan fingerprint density at radius 3 is 1.79 bits per heavy atom. The highest BCUT2D eigenvalue weighted by molar-refractivity contribution is 6.07. The average molecular weight is 328 g/mol. The highest BCUT2D eigenvalue weighted by Gasteiger charge is 2.05. The maximum Gasteiger partial charge on any atom is 0.248 e. The summed E-state index contributed by atoms with van der Waals surface area (Å²) in [5.74, 6) is -1.73. The second-order valence-electron chi connectivity index (χ2n) is 5.02. The zero-order valence-electron chi connectivity index (χ0n) is 12.8. The number of aromatic hydroxyl groups is 3. The Kier molecular flexibility index (Phi) is 5.06. The molecule has 0 aliphatic rings. The van der Waals surface area contributed by atoms with Crippen molar-refractivity contribution in [1.29, 1.82) is 0 Å². The molecule has 24 heavy (non-hydrogen) atoms. The lowest BCUT2D eigenvalue weighted by molar-refractivity contribution is -0.114. The molecule has 0 heterocycles. The molecule has 2 rings (SSSR count). The molecule has 0 aliphatic heterocycles. The molecule has 5 N–H and O–H groups in total. The van der Waals surface area contributed by atoms with Crippen molar-refractivity contribution in [3.63, 3.8) is 0 Å². The summed E-state index contributed by atoms with van der Waals surface area (Å²) in [7, 11) is 0. The lowest BCUT2D eigenvalue weighted by atomic mass is 10.2. The molecule has 0 atom stereocenters. The Balaban J connectivity index is 1.93. The zero-order valence-corrected chi connectivity index (χ0v) is 12.8. The average Bonchev–Trinajstić information content (AvgIpc) is 2.53. The molecule has 0 aliphatic carbocycles. The minimum atomic E-state index is -0.581. The fraction of sp³-hybridized carbons (Fsp3) is 0.0588. The Morgan fingerprint density at radius 1 is 0.792 bits per heavy atom. The van der Waals surface area contributed by atoms with Gasteiger partial charge < -0.3 is 26.0 Å². The van der Waals surface area contributed by atoms with E-state index in [9.17, 15) is 24.9 Å². The molecule has 2 aromatic rings. The molecule has 0 bridgehead atoms. The van der Waals surface area contributed by atoms with E-state index in [1.807, 2.05) is 0 Å². The molecular weight excluding hydrogens is 312 g/mol. The number of carbonyl (C=O) groups is 2. The van der Waals surface area contributed by atoms with Crippen LogP contribution in [0.4, 0.5) is 11.4 Å². The fourth-order valence-corrected chi connectivity index (χ4v) is 1.81. The molecule has 2 amide bonds. The molecule has 0 fully saturated rings. The van der Waals surface area contributed by atoms with Gasteiger partial charge in [-0.1, -0.05) is 6.07 Å². The number of nitrogens with one attached hydrogen (secondary N) is 2. The van der Waals surface area contributed by atoms with Gasteiger partial charge in [-0.25, -0.2) is 0 Å². The summed E-state index contributed by atoms with van der Waals surface area (Å²) >= 11 is 0. The smallest absolute Gasteiger partial charge is 0.248 e. The third-order valence-electron chi connectivity index (χ3n) is 3.11. The number of amides is 2. The van der Waals surface area contributed by atoms with Crippen LogP contribution in [0.5, 0.6) is 17.2 Å². The van der Waals surface area contributed by atoms with Crippen LogP contribution < -0.4 is 10.6 Å². The van der Waals surface area contributed by atoms with Gasteiger partial charge in [0.1, 0.15) is 5.75 Å². The summed E-state index contributed by atoms with van der Waals surface area (Å²) in [5.41, 5.74) is 1.35. The van der Waals surface area contributed by atoms with Crippen LogP contribution in [0.25, 0.3) is 0 Å². The van der Waals surface area contributed by atoms with Gasteiger partial charge in [0.15, 0.2) is 11.5 Å². The fourth-order valence-electron chi connectivity index (χ4n) is 1.81. The molecule has 0 unspecified atom stereocenters. The number of carbonyl (C=O) groups excluding carboxylic acids is 2. The van der Waals surface area contributed by atoms with Crippen molar-refractivity contribution in [1.82, 2.24) is 0 Å². The lowest BCUT2D eigenvalue weighted by Crippen LogP contribution is -2.12. The minimum absolute atomic E-state index is 0.0571. The molecule has 0 saturated heterocycles. The van der Waals surface area contributed by atoms with Crippen LogP contribution in [0.15, 0.2) is 48.6 Å². The van der Waals surface area contributed by atoms with Gasteiger partial charge in [0.25, 0.3) is 0 Å². The number of hydrogen-bond acceptors (Lipinski definition) is 5. The molecule has 0 saturated carbocycles. The second kappa shape index (κ2) is 7.19. The summed E-state index contributed by atoms with van der Waals surface area (Å²) < 4.78 is 0. The summed E-state index contributed by atoms with van der Waals surface area (Å²) in [5, 5.41) is 33.0. The van der Waals surface area contributed by atoms with E-state index in [4.69, 9.17) is 0 Å². The van der Waals surface area contributed by atoms with Gasteiger partial charge >= 0.3 is 0 Å². The predicted octanol–water partition coefficient (Wildman–Crippen LogP) is 2.25. The summed E-state index contributed by atoms with van der Waals surface area (Å²) in [6, 6.07) is 8.48. The van der Waals surface area contributed by atoms with Crippen LogP contribution in [0.1, 0.15) is 5.56 Å². The number of aryl methyl sites for hydroxylation is 1. The van der Waals surface area contributed by atoms with Crippen molar-refractivity contribution in [2.24, 2.45) is 0 Å². The molecule has 7 heteroatoms. The number of hydrogen-bond donors (Lipinski definition) is 5. The highest BCUT2D eigenvalue weighted by atomic mass is 16.3. The summed E-state index contributed by atoms with van der Waals surface area (Å²) in [6.45, 7) is 1.73. The Morgan fingerprint density at radius 2 is 1.29 bits per heavy atom. The van der Waals surface area contributed by atoms with Crippen molar-refractivity contribution >= 4 is 23.2 Å². The Hall–Kier alpha value is -3.48. The van der Waals surface area contributed by atoms with Gasteiger partial charge in [-0.3, -0.25) is 9.59 Å². The molecule has 2 aromatic carbocycles. The van der Waals surface area contributed by atoms with Crippen LogP contribution >= 0.6 is 0 Å². The van der Waals surface area contributed by atoms with E-state index in [0.717, 1.165) is 12.2 Å². The van der Waals surface area contributed by atoms with Gasteiger partial charge in [-0.2, -0.15) is 0 Å². The van der Waals surface area contributed by atoms with E-state index in [1.54, 1.807) is 19.1 Å². The molecule has 0 spiro atoms. The quantitative estimate of drug-likeness (QED) is 0.335. The second-order valence-corrected chi connectivity index (χ2v) is 5.02. The minimum Gasteiger partial charge on any atom is -0.508 e. The predicted molar refractivity (Wildman–Crippen MR) is 89.0 cm³/mol. The standard InChI is InChI=1S/C17H16N2O5/c1-10-2-3-11(8-14(10)21)18-16(23)6-7-17(24)19-12-4-5-13(20)15(22)9-12/h2-9,20-22H,1H3,(H,18,23)(H,19,24)/b7-6-. The van der Waals surface area contributed by atoms with Crippen molar-refractivity contribution in [2.75, 3.05) is 10.6 Å². The van der Waals surface area contributed by atoms with Crippen molar-refractivity contribution in [3.8, 4) is 17.2 Å². The number of phenolic OH excluding ortho intramolecular Hbond substituents is 3. The zero-order chi connectivity index (χ0) is 17.7. The largest absolute Gasteiger partial charge is 0.508 e. The monoisotopic (exact) mass is 328 g/mol. The van der Waals surface area contributed by atoms with Crippen LogP contribution in [0, 0.1) is 6.92 Å². The topological polar surface area (TPSA) is 119 Å². The lowest BCUT2D eigenvalue weighted by Gasteiger charge is -2.05. The SMILES string of the molecule is Cc1ccc(NC(=O)/C=C\C(=O)Nc2ccc(O)c(O)c2)cc1O. The first-order valence-corrected chi connectivity index (χ1v) is 6.97. The molecule has 0 radical (unpaired) electrons. The first-order chi connectivity index (χ1) is 11.3. The third kappa shape index (κ3) is 4.51. The highest BCUT2D eigenvalue weighted by Crippen LogP contribution is 2.27. The van der Waals surface area contributed by atoms with Crippen LogP contribution in [-0.4, -0.2) is 27.1 Å². The molecule has 0 aromatic heterocycles. The maximum absolute atomic E-state index is 11.7. The first-order valence-electron chi connectivity index (χ1n) is 6.97. The number of phenols is 3. The van der Waals surface area contributed by atoms with Gasteiger partial charge in [-0.15, -0.1) is 0 Å². The van der Waals surface area contributed by atoms with Gasteiger partial charge in [0, 0.05) is 35.7 Å². The maximum atomic E-state index is 11.7. The number of rotatable bonds is 4. The van der Waals surface area contributed by atoms with E-state index >= 15 is 0 Å². The molecular formula is C17H16N2O5. The van der Waals surface area contributed by atoms with Gasteiger partial charge in [-0.05, 0) is 30.7 Å². The third-order valence-corrected chi connectivity index (χ3v) is 3.11. The molecule has 124 valence electrons. The van der Waals surface area contributed by atoms with Crippen molar-refractivity contribution in [2.45, 2.75) is 6.92 Å². The summed E-state index contributed by atoms with van der Waals surface area (Å²) in [4.78, 5) is 23.4. The van der Waals surface area contributed by atoms with E-state index in [2.05, 4.69) is 10.6 Å². The van der Waals surface area contributed by atoms with Gasteiger partial charge in [0.2, 0.25) is 11.8 Å². The molecule has 7 nitrogen and oxygen atoms in total. The van der Waals surface area contributed by atoms with Crippen molar-refractivity contribution < 1.29 is 24.9 Å². The van der Waals surface area contributed by atoms with Crippen LogP contribution in [0.3, 0.4) is 0 Å². The van der Waals surface area contributed by atoms with Crippen molar-refractivity contribution in [3.05, 3.63) is 54.1 Å². The van der Waals surface area contributed by atoms with E-state index in [0.29, 0.717) is 11.3 Å². The van der Waals surface area contributed by atoms with E-state index in [1.165, 1.54) is 24.3 Å². The number of benzene rings is 2. The Labute approximate surface area is 137 Å².